The quantitative estimate of drug-likeness (QED) is 0.808. The van der Waals surface area contributed by atoms with Crippen molar-refractivity contribution in [1.82, 2.24) is 0 Å². The zero-order chi connectivity index (χ0) is 12.1. The van der Waals surface area contributed by atoms with Gasteiger partial charge in [-0.3, -0.25) is 0 Å². The molecule has 0 radical (unpaired) electrons. The molecule has 88 valence electrons. The van der Waals surface area contributed by atoms with Gasteiger partial charge >= 0.3 is 0 Å². The molecule has 0 saturated carbocycles. The summed E-state index contributed by atoms with van der Waals surface area (Å²) in [6.45, 7) is 2.17. The second-order valence-electron chi connectivity index (χ2n) is 4.03. The normalized spacial score (nSPS) is 12.1. The predicted octanol–water partition coefficient (Wildman–Crippen LogP) is 4.90. The topological polar surface area (TPSA) is 12.0 Å². The third-order valence-electron chi connectivity index (χ3n) is 2.77. The van der Waals surface area contributed by atoms with E-state index in [0.717, 1.165) is 17.1 Å². The van der Waals surface area contributed by atoms with Gasteiger partial charge in [0.15, 0.2) is 0 Å². The van der Waals surface area contributed by atoms with Crippen molar-refractivity contribution in [3.8, 4) is 0 Å². The lowest BCUT2D eigenvalue weighted by Gasteiger charge is -2.19. The molecule has 1 unspecified atom stereocenters. The number of anilines is 1. The van der Waals surface area contributed by atoms with E-state index in [1.165, 1.54) is 5.56 Å². The summed E-state index contributed by atoms with van der Waals surface area (Å²) in [5.41, 5.74) is 2.36. The summed E-state index contributed by atoms with van der Waals surface area (Å²) in [6.07, 6.45) is 1.02. The molecule has 0 aliphatic heterocycles. The predicted molar refractivity (Wildman–Crippen MR) is 74.5 cm³/mol. The molecule has 1 nitrogen and oxygen atoms in total. The van der Waals surface area contributed by atoms with Gasteiger partial charge < -0.3 is 5.32 Å². The first-order valence-corrected chi connectivity index (χ1v) is 6.24. The molecule has 1 atom stereocenters. The molecule has 2 aromatic rings. The molecule has 2 heteroatoms. The minimum absolute atomic E-state index is 0.302. The highest BCUT2D eigenvalue weighted by molar-refractivity contribution is 6.30. The largest absolute Gasteiger partial charge is 0.378 e. The highest BCUT2D eigenvalue weighted by Gasteiger charge is 2.08. The van der Waals surface area contributed by atoms with E-state index in [0.29, 0.717) is 6.04 Å². The zero-order valence-corrected chi connectivity index (χ0v) is 10.6. The van der Waals surface area contributed by atoms with E-state index in [9.17, 15) is 0 Å². The van der Waals surface area contributed by atoms with E-state index in [1.54, 1.807) is 0 Å². The molecule has 2 rings (SSSR count). The molecular weight excluding hydrogens is 230 g/mol. The van der Waals surface area contributed by atoms with Gasteiger partial charge in [-0.2, -0.15) is 0 Å². The van der Waals surface area contributed by atoms with E-state index in [-0.39, 0.29) is 0 Å². The van der Waals surface area contributed by atoms with Crippen LogP contribution in [0.4, 0.5) is 5.69 Å². The van der Waals surface area contributed by atoms with Crippen LogP contribution in [0.3, 0.4) is 0 Å². The number of para-hydroxylation sites is 1. The number of nitrogens with one attached hydrogen (secondary N) is 1. The van der Waals surface area contributed by atoms with Crippen molar-refractivity contribution in [2.24, 2.45) is 0 Å². The summed E-state index contributed by atoms with van der Waals surface area (Å²) >= 11 is 6.02. The fourth-order valence-corrected chi connectivity index (χ4v) is 2.08. The average molecular weight is 246 g/mol. The van der Waals surface area contributed by atoms with Crippen molar-refractivity contribution in [3.63, 3.8) is 0 Å². The summed E-state index contributed by atoms with van der Waals surface area (Å²) in [6, 6.07) is 18.6. The molecule has 0 fully saturated rings. The number of hydrogen-bond acceptors (Lipinski definition) is 1. The van der Waals surface area contributed by atoms with Crippen molar-refractivity contribution in [2.75, 3.05) is 5.32 Å². The van der Waals surface area contributed by atoms with Gasteiger partial charge in [-0.05, 0) is 36.2 Å². The minimum atomic E-state index is 0.302. The van der Waals surface area contributed by atoms with E-state index in [2.05, 4.69) is 30.4 Å². The van der Waals surface area contributed by atoms with Crippen LogP contribution in [0.5, 0.6) is 0 Å². The summed E-state index contributed by atoms with van der Waals surface area (Å²) in [4.78, 5) is 0. The van der Waals surface area contributed by atoms with Crippen LogP contribution in [-0.4, -0.2) is 0 Å². The average Bonchev–Trinajstić information content (AvgIpc) is 2.37. The Bertz CT molecular complexity index is 467. The van der Waals surface area contributed by atoms with Crippen LogP contribution in [0.2, 0.25) is 5.02 Å². The molecule has 0 saturated heterocycles. The lowest BCUT2D eigenvalue weighted by Crippen LogP contribution is -2.09. The monoisotopic (exact) mass is 245 g/mol. The third kappa shape index (κ3) is 3.24. The van der Waals surface area contributed by atoms with Crippen LogP contribution in [0, 0.1) is 0 Å². The Hall–Kier alpha value is -1.47. The van der Waals surface area contributed by atoms with Crippen LogP contribution in [0.15, 0.2) is 54.6 Å². The highest BCUT2D eigenvalue weighted by Crippen LogP contribution is 2.24. The first-order valence-electron chi connectivity index (χ1n) is 5.86. The number of halogens is 1. The lowest BCUT2D eigenvalue weighted by atomic mass is 10.0. The molecule has 0 aromatic heterocycles. The van der Waals surface area contributed by atoms with Crippen molar-refractivity contribution in [3.05, 3.63) is 65.2 Å². The number of hydrogen-bond donors (Lipinski definition) is 1. The van der Waals surface area contributed by atoms with Crippen LogP contribution in [-0.2, 0) is 0 Å². The van der Waals surface area contributed by atoms with Gasteiger partial charge in [-0.1, -0.05) is 48.9 Å². The Morgan fingerprint density at radius 2 is 1.82 bits per heavy atom. The van der Waals surface area contributed by atoms with Crippen molar-refractivity contribution < 1.29 is 0 Å². The standard InChI is InChI=1S/C15H16ClN/c1-2-15(12-7-6-8-13(16)11-12)17-14-9-4-3-5-10-14/h3-11,15,17H,2H2,1H3. The van der Waals surface area contributed by atoms with Crippen LogP contribution in [0.25, 0.3) is 0 Å². The Balaban J connectivity index is 2.17. The Kier molecular flexibility index (Phi) is 4.05. The van der Waals surface area contributed by atoms with Gasteiger partial charge in [0.05, 0.1) is 6.04 Å². The Morgan fingerprint density at radius 1 is 1.06 bits per heavy atom. The van der Waals surface area contributed by atoms with Crippen LogP contribution in [0.1, 0.15) is 24.9 Å². The van der Waals surface area contributed by atoms with E-state index < -0.39 is 0 Å². The van der Waals surface area contributed by atoms with Gasteiger partial charge in [-0.15, -0.1) is 0 Å². The first-order chi connectivity index (χ1) is 8.29. The molecule has 0 heterocycles. The van der Waals surface area contributed by atoms with Gasteiger partial charge in [0, 0.05) is 10.7 Å². The summed E-state index contributed by atoms with van der Waals surface area (Å²) < 4.78 is 0. The van der Waals surface area contributed by atoms with Crippen LogP contribution >= 0.6 is 11.6 Å². The first kappa shape index (κ1) is 12.0. The van der Waals surface area contributed by atoms with Crippen molar-refractivity contribution in [1.29, 1.82) is 0 Å². The molecule has 0 amide bonds. The molecule has 0 aliphatic rings. The number of rotatable bonds is 4. The maximum absolute atomic E-state index is 6.02. The van der Waals surface area contributed by atoms with E-state index in [4.69, 9.17) is 11.6 Å². The molecule has 2 aromatic carbocycles. The van der Waals surface area contributed by atoms with E-state index >= 15 is 0 Å². The Morgan fingerprint density at radius 3 is 2.47 bits per heavy atom. The molecule has 0 bridgehead atoms. The smallest absolute Gasteiger partial charge is 0.0511 e. The molecule has 1 N–H and O–H groups in total. The fraction of sp³-hybridized carbons (Fsp3) is 0.200. The molecular formula is C15H16ClN. The van der Waals surface area contributed by atoms with E-state index in [1.807, 2.05) is 36.4 Å². The fourth-order valence-electron chi connectivity index (χ4n) is 1.88. The summed E-state index contributed by atoms with van der Waals surface area (Å²) in [7, 11) is 0. The minimum Gasteiger partial charge on any atom is -0.378 e. The second kappa shape index (κ2) is 5.74. The SMILES string of the molecule is CCC(Nc1ccccc1)c1cccc(Cl)c1. The second-order valence-corrected chi connectivity index (χ2v) is 4.46. The summed E-state index contributed by atoms with van der Waals surface area (Å²) in [5, 5.41) is 4.30. The van der Waals surface area contributed by atoms with Crippen molar-refractivity contribution in [2.45, 2.75) is 19.4 Å². The maximum atomic E-state index is 6.02. The third-order valence-corrected chi connectivity index (χ3v) is 3.01. The molecule has 0 spiro atoms. The van der Waals surface area contributed by atoms with Gasteiger partial charge in [0.25, 0.3) is 0 Å². The zero-order valence-electron chi connectivity index (χ0n) is 9.86. The summed E-state index contributed by atoms with van der Waals surface area (Å²) in [5.74, 6) is 0. The highest BCUT2D eigenvalue weighted by atomic mass is 35.5. The number of benzene rings is 2. The van der Waals surface area contributed by atoms with Gasteiger partial charge in [0.1, 0.15) is 0 Å². The molecule has 0 aliphatic carbocycles. The van der Waals surface area contributed by atoms with Gasteiger partial charge in [-0.25, -0.2) is 0 Å². The van der Waals surface area contributed by atoms with Gasteiger partial charge in [0.2, 0.25) is 0 Å². The lowest BCUT2D eigenvalue weighted by molar-refractivity contribution is 0.749. The van der Waals surface area contributed by atoms with Crippen molar-refractivity contribution >= 4 is 17.3 Å². The molecule has 17 heavy (non-hydrogen) atoms. The Labute approximate surface area is 107 Å². The van der Waals surface area contributed by atoms with Crippen LogP contribution < -0.4 is 5.32 Å². The maximum Gasteiger partial charge on any atom is 0.0511 e.